The molecule has 0 radical (unpaired) electrons. The number of hydrogen-bond acceptors (Lipinski definition) is 6. The quantitative estimate of drug-likeness (QED) is 0.652. The van der Waals surface area contributed by atoms with E-state index >= 15 is 0 Å². The van der Waals surface area contributed by atoms with Crippen LogP contribution in [0.3, 0.4) is 0 Å². The molecule has 3 rings (SSSR count). The summed E-state index contributed by atoms with van der Waals surface area (Å²) >= 11 is 1.01. The number of rotatable bonds is 6. The van der Waals surface area contributed by atoms with Crippen molar-refractivity contribution >= 4 is 39.0 Å². The number of piperidine rings is 1. The second kappa shape index (κ2) is 9.54. The van der Waals surface area contributed by atoms with Crippen LogP contribution in [0.1, 0.15) is 22.5 Å². The number of amides is 2. The molecule has 1 aliphatic heterocycles. The molecule has 1 fully saturated rings. The number of ether oxygens (including phenoxy) is 1. The number of carbonyl (C=O) groups excluding carboxylic acids is 2. The number of halogens is 1. The third-order valence-corrected chi connectivity index (χ3v) is 7.34. The van der Waals surface area contributed by atoms with Crippen molar-refractivity contribution in [3.8, 4) is 0 Å². The molecule has 0 atom stereocenters. The predicted octanol–water partition coefficient (Wildman–Crippen LogP) is 2.90. The molecular weight excluding hydrogens is 433 g/mol. The van der Waals surface area contributed by atoms with Gasteiger partial charge in [-0.3, -0.25) is 0 Å². The Morgan fingerprint density at radius 1 is 1.20 bits per heavy atom. The topological polar surface area (TPSA) is 105 Å². The first-order valence-corrected chi connectivity index (χ1v) is 11.6. The van der Waals surface area contributed by atoms with E-state index in [2.05, 4.69) is 14.8 Å². The van der Waals surface area contributed by atoms with Gasteiger partial charge in [-0.25, -0.2) is 27.1 Å². The van der Waals surface area contributed by atoms with Crippen LogP contribution in [0.4, 0.5) is 14.9 Å². The van der Waals surface area contributed by atoms with E-state index in [1.807, 2.05) is 0 Å². The van der Waals surface area contributed by atoms with E-state index in [1.54, 1.807) is 4.90 Å². The number of urea groups is 1. The first kappa shape index (κ1) is 22.2. The molecule has 2 aromatic rings. The van der Waals surface area contributed by atoms with Gasteiger partial charge in [0.1, 0.15) is 15.6 Å². The number of likely N-dealkylation sites (tertiary alicyclic amines) is 1. The standard InChI is InChI=1S/C19H22FN3O5S2/c1-28-18(24)17-16(8-11-29-17)30(26,27)21-12-13-6-9-23(10-7-13)19(25)22-15-4-2-14(20)3-5-15/h2-5,8,11,13,21H,6-7,9-10,12H2,1H3,(H,22,25). The van der Waals surface area contributed by atoms with Crippen LogP contribution in [-0.2, 0) is 14.8 Å². The molecular formula is C19H22FN3O5S2. The third-order valence-electron chi connectivity index (χ3n) is 4.85. The summed E-state index contributed by atoms with van der Waals surface area (Å²) in [6.07, 6.45) is 1.26. The van der Waals surface area contributed by atoms with Crippen LogP contribution in [-0.4, -0.2) is 52.1 Å². The van der Waals surface area contributed by atoms with Gasteiger partial charge in [-0.15, -0.1) is 11.3 Å². The molecule has 2 amide bonds. The number of carbonyl (C=O) groups is 2. The molecule has 2 heterocycles. The van der Waals surface area contributed by atoms with Crippen LogP contribution >= 0.6 is 11.3 Å². The Morgan fingerprint density at radius 3 is 2.50 bits per heavy atom. The highest BCUT2D eigenvalue weighted by Gasteiger charge is 2.27. The van der Waals surface area contributed by atoms with Crippen LogP contribution in [0.5, 0.6) is 0 Å². The van der Waals surface area contributed by atoms with Crippen molar-refractivity contribution in [2.75, 3.05) is 32.1 Å². The number of nitrogens with zero attached hydrogens (tertiary/aromatic N) is 1. The lowest BCUT2D eigenvalue weighted by atomic mass is 9.97. The fraction of sp³-hybridized carbons (Fsp3) is 0.368. The third kappa shape index (κ3) is 5.35. The Kier molecular flexibility index (Phi) is 7.06. The monoisotopic (exact) mass is 455 g/mol. The number of hydrogen-bond donors (Lipinski definition) is 2. The average Bonchev–Trinajstić information content (AvgIpc) is 3.25. The molecule has 8 nitrogen and oxygen atoms in total. The van der Waals surface area contributed by atoms with Gasteiger partial charge in [0, 0.05) is 25.3 Å². The fourth-order valence-corrected chi connectivity index (χ4v) is 5.58. The van der Waals surface area contributed by atoms with Crippen molar-refractivity contribution in [3.05, 3.63) is 46.4 Å². The van der Waals surface area contributed by atoms with Crippen molar-refractivity contribution in [2.24, 2.45) is 5.92 Å². The van der Waals surface area contributed by atoms with Crippen LogP contribution in [0.2, 0.25) is 0 Å². The van der Waals surface area contributed by atoms with Crippen molar-refractivity contribution in [2.45, 2.75) is 17.7 Å². The second-order valence-corrected chi connectivity index (χ2v) is 9.48. The summed E-state index contributed by atoms with van der Waals surface area (Å²) in [5, 5.41) is 4.24. The molecule has 0 aliphatic carbocycles. The van der Waals surface area contributed by atoms with E-state index in [-0.39, 0.29) is 34.1 Å². The summed E-state index contributed by atoms with van der Waals surface area (Å²) in [5.41, 5.74) is 0.508. The van der Waals surface area contributed by atoms with Crippen LogP contribution in [0, 0.1) is 11.7 Å². The number of sulfonamides is 1. The molecule has 1 saturated heterocycles. The molecule has 30 heavy (non-hydrogen) atoms. The molecule has 0 saturated carbocycles. The molecule has 1 aromatic heterocycles. The zero-order chi connectivity index (χ0) is 21.7. The smallest absolute Gasteiger partial charge is 0.349 e. The summed E-state index contributed by atoms with van der Waals surface area (Å²) < 4.78 is 45.3. The first-order valence-electron chi connectivity index (χ1n) is 9.27. The normalized spacial score (nSPS) is 15.1. The predicted molar refractivity (Wildman–Crippen MR) is 111 cm³/mol. The summed E-state index contributed by atoms with van der Waals surface area (Å²) in [4.78, 5) is 25.7. The van der Waals surface area contributed by atoms with Gasteiger partial charge in [0.05, 0.1) is 7.11 Å². The van der Waals surface area contributed by atoms with E-state index in [1.165, 1.54) is 42.8 Å². The molecule has 1 aliphatic rings. The SMILES string of the molecule is COC(=O)c1sccc1S(=O)(=O)NCC1CCN(C(=O)Nc2ccc(F)cc2)CC1. The van der Waals surface area contributed by atoms with Gasteiger partial charge in [-0.1, -0.05) is 0 Å². The lowest BCUT2D eigenvalue weighted by Crippen LogP contribution is -2.43. The van der Waals surface area contributed by atoms with Crippen molar-refractivity contribution in [1.29, 1.82) is 0 Å². The molecule has 11 heteroatoms. The van der Waals surface area contributed by atoms with E-state index < -0.39 is 16.0 Å². The summed E-state index contributed by atoms with van der Waals surface area (Å²) in [6, 6.07) is 6.62. The van der Waals surface area contributed by atoms with Gasteiger partial charge in [-0.05, 0) is 54.5 Å². The van der Waals surface area contributed by atoms with Gasteiger partial charge < -0.3 is 15.0 Å². The highest BCUT2D eigenvalue weighted by Crippen LogP contribution is 2.24. The van der Waals surface area contributed by atoms with Gasteiger partial charge in [0.25, 0.3) is 0 Å². The lowest BCUT2D eigenvalue weighted by molar-refractivity contribution is 0.0602. The Labute approximate surface area is 178 Å². The van der Waals surface area contributed by atoms with Crippen LogP contribution in [0.25, 0.3) is 0 Å². The Hall–Kier alpha value is -2.50. The maximum atomic E-state index is 13.0. The van der Waals surface area contributed by atoms with E-state index in [0.717, 1.165) is 11.3 Å². The highest BCUT2D eigenvalue weighted by atomic mass is 32.2. The van der Waals surface area contributed by atoms with Gasteiger partial charge in [-0.2, -0.15) is 0 Å². The Bertz CT molecular complexity index is 999. The fourth-order valence-electron chi connectivity index (χ4n) is 3.13. The van der Waals surface area contributed by atoms with Gasteiger partial charge in [0.2, 0.25) is 10.0 Å². The first-order chi connectivity index (χ1) is 14.3. The minimum Gasteiger partial charge on any atom is -0.465 e. The maximum Gasteiger partial charge on any atom is 0.349 e. The Balaban J connectivity index is 1.50. The number of methoxy groups -OCH3 is 1. The maximum absolute atomic E-state index is 13.0. The average molecular weight is 456 g/mol. The number of thiophene rings is 1. The van der Waals surface area contributed by atoms with Crippen molar-refractivity contribution in [1.82, 2.24) is 9.62 Å². The minimum atomic E-state index is -3.84. The van der Waals surface area contributed by atoms with E-state index in [9.17, 15) is 22.4 Å². The molecule has 1 aromatic carbocycles. The van der Waals surface area contributed by atoms with E-state index in [4.69, 9.17) is 0 Å². The molecule has 0 spiro atoms. The summed E-state index contributed by atoms with van der Waals surface area (Å²) in [6.45, 7) is 1.17. The highest BCUT2D eigenvalue weighted by molar-refractivity contribution is 7.89. The number of esters is 1. The zero-order valence-corrected chi connectivity index (χ0v) is 17.9. The van der Waals surface area contributed by atoms with E-state index in [0.29, 0.717) is 31.6 Å². The van der Waals surface area contributed by atoms with Crippen LogP contribution in [0.15, 0.2) is 40.6 Å². The lowest BCUT2D eigenvalue weighted by Gasteiger charge is -2.32. The number of nitrogens with one attached hydrogen (secondary N) is 2. The van der Waals surface area contributed by atoms with Crippen LogP contribution < -0.4 is 10.0 Å². The summed E-state index contributed by atoms with van der Waals surface area (Å²) in [7, 11) is -2.64. The largest absolute Gasteiger partial charge is 0.465 e. The second-order valence-electron chi connectivity index (χ2n) is 6.82. The zero-order valence-electron chi connectivity index (χ0n) is 16.3. The number of anilines is 1. The Morgan fingerprint density at radius 2 is 1.87 bits per heavy atom. The van der Waals surface area contributed by atoms with Crippen molar-refractivity contribution < 1.29 is 27.1 Å². The molecule has 0 bridgehead atoms. The van der Waals surface area contributed by atoms with Gasteiger partial charge in [0.15, 0.2) is 0 Å². The van der Waals surface area contributed by atoms with Gasteiger partial charge >= 0.3 is 12.0 Å². The minimum absolute atomic E-state index is 0.0392. The number of benzene rings is 1. The molecule has 162 valence electrons. The summed E-state index contributed by atoms with van der Waals surface area (Å²) in [5.74, 6) is -1.00. The van der Waals surface area contributed by atoms with Crippen molar-refractivity contribution in [3.63, 3.8) is 0 Å². The molecule has 2 N–H and O–H groups in total. The molecule has 0 unspecified atom stereocenters.